The van der Waals surface area contributed by atoms with Crippen molar-refractivity contribution >= 4 is 23.1 Å². The van der Waals surface area contributed by atoms with Gasteiger partial charge in [-0.15, -0.1) is 0 Å². The Labute approximate surface area is 70.8 Å². The van der Waals surface area contributed by atoms with Crippen LogP contribution in [-0.2, 0) is 0 Å². The molecule has 0 aromatic carbocycles. The predicted molar refractivity (Wildman–Crippen MR) is 48.0 cm³/mol. The van der Waals surface area contributed by atoms with Crippen molar-refractivity contribution in [1.29, 1.82) is 0 Å². The SMILES string of the molecule is CN(C)c1cc(N)c(Cl)cn1. The molecule has 0 unspecified atom stereocenters. The van der Waals surface area contributed by atoms with Gasteiger partial charge in [-0.3, -0.25) is 0 Å². The van der Waals surface area contributed by atoms with Crippen molar-refractivity contribution in [2.45, 2.75) is 0 Å². The molecule has 4 heteroatoms. The van der Waals surface area contributed by atoms with E-state index in [2.05, 4.69) is 4.98 Å². The van der Waals surface area contributed by atoms with Crippen molar-refractivity contribution in [2.24, 2.45) is 0 Å². The third-order valence-corrected chi connectivity index (χ3v) is 1.64. The van der Waals surface area contributed by atoms with Crippen LogP contribution < -0.4 is 10.6 Å². The molecule has 0 fully saturated rings. The van der Waals surface area contributed by atoms with E-state index in [1.165, 1.54) is 0 Å². The minimum Gasteiger partial charge on any atom is -0.397 e. The average Bonchev–Trinajstić information content (AvgIpc) is 1.94. The Morgan fingerprint density at radius 2 is 2.18 bits per heavy atom. The Kier molecular flexibility index (Phi) is 2.19. The van der Waals surface area contributed by atoms with Gasteiger partial charge < -0.3 is 10.6 Å². The van der Waals surface area contributed by atoms with Gasteiger partial charge in [-0.1, -0.05) is 11.6 Å². The van der Waals surface area contributed by atoms with Crippen LogP contribution in [0.15, 0.2) is 12.3 Å². The molecule has 1 rings (SSSR count). The molecular weight excluding hydrogens is 162 g/mol. The van der Waals surface area contributed by atoms with Crippen LogP contribution in [0.2, 0.25) is 5.02 Å². The normalized spacial score (nSPS) is 9.73. The standard InChI is InChI=1S/C7H10ClN3/c1-11(2)7-3-6(9)5(8)4-10-7/h3-4H,1-2H3,(H2,9,10). The number of hydrogen-bond donors (Lipinski definition) is 1. The van der Waals surface area contributed by atoms with Crippen molar-refractivity contribution in [3.63, 3.8) is 0 Å². The minimum absolute atomic E-state index is 0.496. The van der Waals surface area contributed by atoms with Gasteiger partial charge >= 0.3 is 0 Å². The van der Waals surface area contributed by atoms with E-state index in [1.54, 1.807) is 12.3 Å². The predicted octanol–water partition coefficient (Wildman–Crippen LogP) is 1.38. The van der Waals surface area contributed by atoms with Crippen molar-refractivity contribution in [1.82, 2.24) is 4.98 Å². The van der Waals surface area contributed by atoms with Crippen LogP contribution in [0.3, 0.4) is 0 Å². The smallest absolute Gasteiger partial charge is 0.130 e. The summed E-state index contributed by atoms with van der Waals surface area (Å²) in [4.78, 5) is 5.92. The highest BCUT2D eigenvalue weighted by molar-refractivity contribution is 6.32. The molecule has 1 aromatic heterocycles. The number of nitrogens with two attached hydrogens (primary N) is 1. The Morgan fingerprint density at radius 3 is 2.64 bits per heavy atom. The summed E-state index contributed by atoms with van der Waals surface area (Å²) >= 11 is 5.68. The molecule has 2 N–H and O–H groups in total. The largest absolute Gasteiger partial charge is 0.397 e. The van der Waals surface area contributed by atoms with Crippen LogP contribution in [-0.4, -0.2) is 19.1 Å². The van der Waals surface area contributed by atoms with Crippen molar-refractivity contribution in [3.8, 4) is 0 Å². The highest BCUT2D eigenvalue weighted by Crippen LogP contribution is 2.20. The first-order valence-corrected chi connectivity index (χ1v) is 3.57. The molecule has 0 aliphatic carbocycles. The number of anilines is 2. The van der Waals surface area contributed by atoms with Gasteiger partial charge in [-0.05, 0) is 0 Å². The van der Waals surface area contributed by atoms with Crippen molar-refractivity contribution < 1.29 is 0 Å². The molecule has 0 amide bonds. The second-order valence-corrected chi connectivity index (χ2v) is 2.87. The van der Waals surface area contributed by atoms with Gasteiger partial charge in [0.2, 0.25) is 0 Å². The molecule has 1 heterocycles. The number of rotatable bonds is 1. The van der Waals surface area contributed by atoms with Gasteiger partial charge in [-0.2, -0.15) is 0 Å². The maximum absolute atomic E-state index is 5.68. The summed E-state index contributed by atoms with van der Waals surface area (Å²) in [5.74, 6) is 0.812. The zero-order valence-electron chi connectivity index (χ0n) is 6.50. The van der Waals surface area contributed by atoms with E-state index in [9.17, 15) is 0 Å². The Balaban J connectivity index is 3.05. The minimum atomic E-state index is 0.496. The lowest BCUT2D eigenvalue weighted by atomic mass is 10.4. The van der Waals surface area contributed by atoms with E-state index in [0.29, 0.717) is 10.7 Å². The van der Waals surface area contributed by atoms with E-state index in [1.807, 2.05) is 19.0 Å². The second kappa shape index (κ2) is 2.96. The van der Waals surface area contributed by atoms with E-state index in [0.717, 1.165) is 5.82 Å². The summed E-state index contributed by atoms with van der Waals surface area (Å²) < 4.78 is 0. The molecule has 0 spiro atoms. The summed E-state index contributed by atoms with van der Waals surface area (Å²) in [5, 5.41) is 0.496. The summed E-state index contributed by atoms with van der Waals surface area (Å²) in [6.45, 7) is 0. The number of nitrogen functional groups attached to an aromatic ring is 1. The fourth-order valence-electron chi connectivity index (χ4n) is 0.687. The molecule has 0 aliphatic heterocycles. The molecule has 0 saturated carbocycles. The van der Waals surface area contributed by atoms with Gasteiger partial charge in [0.1, 0.15) is 5.82 Å². The van der Waals surface area contributed by atoms with Crippen LogP contribution in [0.4, 0.5) is 11.5 Å². The van der Waals surface area contributed by atoms with Crippen LogP contribution in [0, 0.1) is 0 Å². The molecular formula is C7H10ClN3. The fraction of sp³-hybridized carbons (Fsp3) is 0.286. The third kappa shape index (κ3) is 1.74. The Hall–Kier alpha value is -0.960. The number of pyridine rings is 1. The zero-order chi connectivity index (χ0) is 8.43. The molecule has 60 valence electrons. The van der Waals surface area contributed by atoms with Gasteiger partial charge in [0.25, 0.3) is 0 Å². The molecule has 11 heavy (non-hydrogen) atoms. The molecule has 0 radical (unpaired) electrons. The van der Waals surface area contributed by atoms with Crippen molar-refractivity contribution in [2.75, 3.05) is 24.7 Å². The lowest BCUT2D eigenvalue weighted by Crippen LogP contribution is -2.10. The highest BCUT2D eigenvalue weighted by atomic mass is 35.5. The summed E-state index contributed by atoms with van der Waals surface area (Å²) in [6, 6.07) is 1.74. The topological polar surface area (TPSA) is 42.1 Å². The number of halogens is 1. The molecule has 0 bridgehead atoms. The maximum atomic E-state index is 5.68. The van der Waals surface area contributed by atoms with Gasteiger partial charge in [-0.25, -0.2) is 4.98 Å². The van der Waals surface area contributed by atoms with Crippen LogP contribution in [0.25, 0.3) is 0 Å². The third-order valence-electron chi connectivity index (χ3n) is 1.33. The molecule has 0 atom stereocenters. The Morgan fingerprint density at radius 1 is 1.55 bits per heavy atom. The van der Waals surface area contributed by atoms with Crippen LogP contribution >= 0.6 is 11.6 Å². The number of aromatic nitrogens is 1. The lowest BCUT2D eigenvalue weighted by Gasteiger charge is -2.11. The molecule has 0 saturated heterocycles. The first-order chi connectivity index (χ1) is 5.11. The van der Waals surface area contributed by atoms with E-state index in [-0.39, 0.29) is 0 Å². The Bertz CT molecular complexity index is 260. The first-order valence-electron chi connectivity index (χ1n) is 3.19. The quantitative estimate of drug-likeness (QED) is 0.694. The highest BCUT2D eigenvalue weighted by Gasteiger charge is 1.99. The summed E-state index contributed by atoms with van der Waals surface area (Å²) in [5.41, 5.74) is 6.12. The lowest BCUT2D eigenvalue weighted by molar-refractivity contribution is 1.07. The second-order valence-electron chi connectivity index (χ2n) is 2.46. The monoisotopic (exact) mass is 171 g/mol. The zero-order valence-corrected chi connectivity index (χ0v) is 7.26. The van der Waals surface area contributed by atoms with Gasteiger partial charge in [0, 0.05) is 26.4 Å². The number of nitrogens with zero attached hydrogens (tertiary/aromatic N) is 2. The van der Waals surface area contributed by atoms with Gasteiger partial charge in [0.15, 0.2) is 0 Å². The van der Waals surface area contributed by atoms with Crippen LogP contribution in [0.1, 0.15) is 0 Å². The number of hydrogen-bond acceptors (Lipinski definition) is 3. The summed E-state index contributed by atoms with van der Waals surface area (Å²) in [7, 11) is 3.80. The van der Waals surface area contributed by atoms with E-state index < -0.39 is 0 Å². The molecule has 1 aromatic rings. The van der Waals surface area contributed by atoms with E-state index in [4.69, 9.17) is 17.3 Å². The molecule has 0 aliphatic rings. The maximum Gasteiger partial charge on any atom is 0.130 e. The average molecular weight is 172 g/mol. The van der Waals surface area contributed by atoms with Crippen LogP contribution in [0.5, 0.6) is 0 Å². The van der Waals surface area contributed by atoms with Gasteiger partial charge in [0.05, 0.1) is 10.7 Å². The van der Waals surface area contributed by atoms with E-state index >= 15 is 0 Å². The van der Waals surface area contributed by atoms with Crippen molar-refractivity contribution in [3.05, 3.63) is 17.3 Å². The first kappa shape index (κ1) is 8.14. The molecule has 3 nitrogen and oxygen atoms in total. The fourth-order valence-corrected chi connectivity index (χ4v) is 0.791. The summed E-state index contributed by atoms with van der Waals surface area (Å²) in [6.07, 6.45) is 1.55.